The molecule has 24 heavy (non-hydrogen) atoms. The second kappa shape index (κ2) is 7.42. The maximum atomic E-state index is 13.5. The minimum absolute atomic E-state index is 0.159. The summed E-state index contributed by atoms with van der Waals surface area (Å²) in [5.41, 5.74) is 2.30. The SMILES string of the molecule is Cc1ccc(C)c(S(=O)(=O)NC[C@H](c2cccc(F)c2)N(C)C)c1. The van der Waals surface area contributed by atoms with E-state index < -0.39 is 10.0 Å². The molecule has 0 bridgehead atoms. The quantitative estimate of drug-likeness (QED) is 0.871. The standard InChI is InChI=1S/C18H23FN2O2S/c1-13-8-9-14(2)18(10-13)24(22,23)20-12-17(21(3)4)15-6-5-7-16(19)11-15/h5-11,17,20H,12H2,1-4H3/t17-/m1/s1. The molecule has 0 amide bonds. The third-order valence-corrected chi connectivity index (χ3v) is 5.52. The maximum absolute atomic E-state index is 13.5. The largest absolute Gasteiger partial charge is 0.301 e. The molecule has 6 heteroatoms. The van der Waals surface area contributed by atoms with Gasteiger partial charge in [-0.15, -0.1) is 0 Å². The van der Waals surface area contributed by atoms with Crippen LogP contribution in [0.4, 0.5) is 4.39 Å². The first-order valence-electron chi connectivity index (χ1n) is 7.69. The zero-order valence-corrected chi connectivity index (χ0v) is 15.2. The number of rotatable bonds is 6. The predicted molar refractivity (Wildman–Crippen MR) is 93.9 cm³/mol. The zero-order valence-electron chi connectivity index (χ0n) is 14.4. The highest BCUT2D eigenvalue weighted by Crippen LogP contribution is 2.21. The van der Waals surface area contributed by atoms with Crippen molar-refractivity contribution in [2.75, 3.05) is 20.6 Å². The molecule has 2 aromatic carbocycles. The van der Waals surface area contributed by atoms with Gasteiger partial charge in [-0.25, -0.2) is 17.5 Å². The average Bonchev–Trinajstić information content (AvgIpc) is 2.49. The second-order valence-electron chi connectivity index (χ2n) is 6.16. The van der Waals surface area contributed by atoms with E-state index in [9.17, 15) is 12.8 Å². The molecule has 0 spiro atoms. The van der Waals surface area contributed by atoms with Crippen molar-refractivity contribution < 1.29 is 12.8 Å². The Labute approximate surface area is 143 Å². The van der Waals surface area contributed by atoms with Gasteiger partial charge in [0.1, 0.15) is 5.82 Å². The topological polar surface area (TPSA) is 49.4 Å². The smallest absolute Gasteiger partial charge is 0.240 e. The van der Waals surface area contributed by atoms with Crippen LogP contribution >= 0.6 is 0 Å². The van der Waals surface area contributed by atoms with Gasteiger partial charge < -0.3 is 4.90 Å². The highest BCUT2D eigenvalue weighted by atomic mass is 32.2. The first kappa shape index (κ1) is 18.6. The monoisotopic (exact) mass is 350 g/mol. The van der Waals surface area contributed by atoms with Crippen LogP contribution in [0.15, 0.2) is 47.4 Å². The lowest BCUT2D eigenvalue weighted by Crippen LogP contribution is -2.34. The van der Waals surface area contributed by atoms with Crippen LogP contribution in [0.5, 0.6) is 0 Å². The number of nitrogens with one attached hydrogen (secondary N) is 1. The predicted octanol–water partition coefficient (Wildman–Crippen LogP) is 3.02. The fourth-order valence-electron chi connectivity index (χ4n) is 2.58. The molecule has 0 aliphatic rings. The summed E-state index contributed by atoms with van der Waals surface area (Å²) >= 11 is 0. The van der Waals surface area contributed by atoms with Crippen molar-refractivity contribution in [3.8, 4) is 0 Å². The van der Waals surface area contributed by atoms with Crippen molar-refractivity contribution >= 4 is 10.0 Å². The van der Waals surface area contributed by atoms with Crippen molar-refractivity contribution in [3.05, 3.63) is 65.0 Å². The van der Waals surface area contributed by atoms with Crippen molar-refractivity contribution in [1.82, 2.24) is 9.62 Å². The van der Waals surface area contributed by atoms with E-state index in [2.05, 4.69) is 4.72 Å². The maximum Gasteiger partial charge on any atom is 0.240 e. The number of nitrogens with zero attached hydrogens (tertiary/aromatic N) is 1. The van der Waals surface area contributed by atoms with Gasteiger partial charge in [-0.1, -0.05) is 24.3 Å². The van der Waals surface area contributed by atoms with Gasteiger partial charge in [0.15, 0.2) is 0 Å². The van der Waals surface area contributed by atoms with E-state index in [0.29, 0.717) is 5.56 Å². The Morgan fingerprint density at radius 3 is 2.46 bits per heavy atom. The minimum atomic E-state index is -3.63. The normalized spacial score (nSPS) is 13.2. The molecule has 4 nitrogen and oxygen atoms in total. The second-order valence-corrected chi connectivity index (χ2v) is 7.89. The van der Waals surface area contributed by atoms with Crippen LogP contribution in [0, 0.1) is 19.7 Å². The van der Waals surface area contributed by atoms with Crippen LogP contribution in [0.25, 0.3) is 0 Å². The molecule has 0 radical (unpaired) electrons. The third-order valence-electron chi connectivity index (χ3n) is 3.96. The van der Waals surface area contributed by atoms with Crippen LogP contribution in [-0.2, 0) is 10.0 Å². The molecule has 2 aromatic rings. The lowest BCUT2D eigenvalue weighted by atomic mass is 10.1. The summed E-state index contributed by atoms with van der Waals surface area (Å²) in [7, 11) is 0.0396. The summed E-state index contributed by atoms with van der Waals surface area (Å²) < 4.78 is 41.4. The number of benzene rings is 2. The lowest BCUT2D eigenvalue weighted by Gasteiger charge is -2.25. The molecule has 0 aliphatic carbocycles. The van der Waals surface area contributed by atoms with Gasteiger partial charge in [0.05, 0.1) is 4.90 Å². The minimum Gasteiger partial charge on any atom is -0.301 e. The number of likely N-dealkylation sites (N-methyl/N-ethyl adjacent to an activating group) is 1. The molecule has 0 heterocycles. The van der Waals surface area contributed by atoms with Crippen molar-refractivity contribution in [2.45, 2.75) is 24.8 Å². The van der Waals surface area contributed by atoms with Gasteiger partial charge in [0.2, 0.25) is 10.0 Å². The number of halogens is 1. The van der Waals surface area contributed by atoms with Gasteiger partial charge in [0, 0.05) is 12.6 Å². The van der Waals surface area contributed by atoms with Crippen LogP contribution in [0.3, 0.4) is 0 Å². The van der Waals surface area contributed by atoms with Crippen molar-refractivity contribution in [2.24, 2.45) is 0 Å². The Hall–Kier alpha value is -1.76. The molecule has 1 N–H and O–H groups in total. The Balaban J connectivity index is 2.24. The summed E-state index contributed by atoms with van der Waals surface area (Å²) in [4.78, 5) is 2.14. The van der Waals surface area contributed by atoms with E-state index >= 15 is 0 Å². The number of hydrogen-bond donors (Lipinski definition) is 1. The Morgan fingerprint density at radius 1 is 1.12 bits per heavy atom. The van der Waals surface area contributed by atoms with E-state index in [1.54, 1.807) is 31.2 Å². The van der Waals surface area contributed by atoms with Crippen LogP contribution in [0.2, 0.25) is 0 Å². The summed E-state index contributed by atoms with van der Waals surface area (Å²) in [5.74, 6) is -0.336. The molecule has 0 aromatic heterocycles. The van der Waals surface area contributed by atoms with Gasteiger partial charge in [0.25, 0.3) is 0 Å². The molecular weight excluding hydrogens is 327 g/mol. The molecule has 2 rings (SSSR count). The lowest BCUT2D eigenvalue weighted by molar-refractivity contribution is 0.299. The molecule has 0 saturated carbocycles. The summed E-state index contributed by atoms with van der Waals surface area (Å²) in [6.07, 6.45) is 0. The van der Waals surface area contributed by atoms with Crippen molar-refractivity contribution in [3.63, 3.8) is 0 Å². The van der Waals surface area contributed by atoms with E-state index in [1.165, 1.54) is 12.1 Å². The number of sulfonamides is 1. The first-order chi connectivity index (χ1) is 11.2. The molecule has 0 saturated heterocycles. The van der Waals surface area contributed by atoms with Crippen molar-refractivity contribution in [1.29, 1.82) is 0 Å². The Kier molecular flexibility index (Phi) is 5.74. The molecule has 130 valence electrons. The zero-order chi connectivity index (χ0) is 17.9. The van der Waals surface area contributed by atoms with Gasteiger partial charge in [-0.05, 0) is 62.8 Å². The van der Waals surface area contributed by atoms with Gasteiger partial charge in [-0.2, -0.15) is 0 Å². The third kappa shape index (κ3) is 4.41. The number of hydrogen-bond acceptors (Lipinski definition) is 3. The van der Waals surface area contributed by atoms with Gasteiger partial charge in [-0.3, -0.25) is 0 Å². The van der Waals surface area contributed by atoms with Crippen LogP contribution < -0.4 is 4.72 Å². The summed E-state index contributed by atoms with van der Waals surface area (Å²) in [6, 6.07) is 11.3. The average molecular weight is 350 g/mol. The molecule has 0 aliphatic heterocycles. The van der Waals surface area contributed by atoms with E-state index in [-0.39, 0.29) is 23.3 Å². The van der Waals surface area contributed by atoms with E-state index in [1.807, 2.05) is 32.0 Å². The highest BCUT2D eigenvalue weighted by molar-refractivity contribution is 7.89. The fraction of sp³-hybridized carbons (Fsp3) is 0.333. The summed E-state index contributed by atoms with van der Waals surface area (Å²) in [6.45, 7) is 3.78. The fourth-order valence-corrected chi connectivity index (χ4v) is 3.94. The first-order valence-corrected chi connectivity index (χ1v) is 9.18. The Morgan fingerprint density at radius 2 is 1.83 bits per heavy atom. The van der Waals surface area contributed by atoms with Crippen LogP contribution in [-0.4, -0.2) is 34.0 Å². The molecule has 0 unspecified atom stereocenters. The van der Waals surface area contributed by atoms with Gasteiger partial charge >= 0.3 is 0 Å². The Bertz CT molecular complexity index is 820. The molecule has 1 atom stereocenters. The molecular formula is C18H23FN2O2S. The highest BCUT2D eigenvalue weighted by Gasteiger charge is 2.21. The van der Waals surface area contributed by atoms with E-state index in [4.69, 9.17) is 0 Å². The van der Waals surface area contributed by atoms with Crippen LogP contribution in [0.1, 0.15) is 22.7 Å². The molecule has 0 fully saturated rings. The summed E-state index contributed by atoms with van der Waals surface area (Å²) in [5, 5.41) is 0. The van der Waals surface area contributed by atoms with E-state index in [0.717, 1.165) is 11.1 Å². The number of aryl methyl sites for hydroxylation is 2.